The first-order valence-corrected chi connectivity index (χ1v) is 19.5. The molecular weight excluding hydrogens is 687 g/mol. The van der Waals surface area contributed by atoms with Gasteiger partial charge in [0.2, 0.25) is 0 Å². The smallest absolute Gasteiger partial charge is 0.143 e. The molecule has 11 aromatic rings. The lowest BCUT2D eigenvalue weighted by atomic mass is 9.97. The van der Waals surface area contributed by atoms with E-state index in [0.717, 1.165) is 44.7 Å². The molecule has 0 saturated heterocycles. The van der Waals surface area contributed by atoms with Crippen molar-refractivity contribution < 1.29 is 4.42 Å². The van der Waals surface area contributed by atoms with E-state index in [9.17, 15) is 0 Å². The Balaban J connectivity index is 0.973. The number of benzene rings is 9. The number of anilines is 3. The molecule has 0 bridgehead atoms. The number of fused-ring (bicyclic) bond motifs is 9. The molecule has 258 valence electrons. The molecule has 2 heterocycles. The average Bonchev–Trinajstić information content (AvgIpc) is 3.84. The lowest BCUT2D eigenvalue weighted by molar-refractivity contribution is 0.670. The van der Waals surface area contributed by atoms with E-state index < -0.39 is 0 Å². The highest BCUT2D eigenvalue weighted by Crippen LogP contribution is 2.45. The molecule has 0 spiro atoms. The third kappa shape index (κ3) is 5.32. The van der Waals surface area contributed by atoms with E-state index in [1.165, 1.54) is 58.6 Å². The molecule has 0 aliphatic heterocycles. The van der Waals surface area contributed by atoms with Crippen LogP contribution in [0.25, 0.3) is 86.3 Å². The van der Waals surface area contributed by atoms with Crippen LogP contribution >= 0.6 is 11.3 Å². The largest absolute Gasteiger partial charge is 0.455 e. The van der Waals surface area contributed by atoms with Gasteiger partial charge in [0.15, 0.2) is 0 Å². The standard InChI is InChI=1S/C52H33NOS/c1-3-10-34(11-4-1)35-18-20-36(21-19-35)37-22-28-41(29-23-37)53(40-12-5-2-6-13-40)42-30-24-38(25-31-42)43-15-9-16-45-50-46(54-52(43)45)32-26-39-27-33-48-51(49(39)50)44-14-7-8-17-47(44)55-48/h1-33H. The van der Waals surface area contributed by atoms with Crippen LogP contribution in [0.5, 0.6) is 0 Å². The second-order valence-corrected chi connectivity index (χ2v) is 15.1. The highest BCUT2D eigenvalue weighted by Gasteiger charge is 2.19. The first-order chi connectivity index (χ1) is 27.3. The van der Waals surface area contributed by atoms with Gasteiger partial charge in [-0.25, -0.2) is 0 Å². The molecule has 0 unspecified atom stereocenters. The number of nitrogens with zero attached hydrogens (tertiary/aromatic N) is 1. The molecule has 55 heavy (non-hydrogen) atoms. The predicted molar refractivity (Wildman–Crippen MR) is 235 cm³/mol. The number of hydrogen-bond donors (Lipinski definition) is 0. The van der Waals surface area contributed by atoms with Gasteiger partial charge in [-0.1, -0.05) is 146 Å². The number of hydrogen-bond acceptors (Lipinski definition) is 3. The Bertz CT molecular complexity index is 3160. The van der Waals surface area contributed by atoms with Crippen molar-refractivity contribution in [2.45, 2.75) is 0 Å². The molecule has 3 heteroatoms. The zero-order valence-corrected chi connectivity index (χ0v) is 30.6. The summed E-state index contributed by atoms with van der Waals surface area (Å²) in [6.07, 6.45) is 0. The van der Waals surface area contributed by atoms with Crippen molar-refractivity contribution in [3.63, 3.8) is 0 Å². The van der Waals surface area contributed by atoms with Crippen molar-refractivity contribution in [3.8, 4) is 33.4 Å². The maximum absolute atomic E-state index is 6.77. The third-order valence-corrected chi connectivity index (χ3v) is 12.0. The summed E-state index contributed by atoms with van der Waals surface area (Å²) in [5, 5.41) is 7.45. The van der Waals surface area contributed by atoms with Crippen LogP contribution in [0.4, 0.5) is 17.1 Å². The molecule has 2 nitrogen and oxygen atoms in total. The molecule has 0 radical (unpaired) electrons. The summed E-state index contributed by atoms with van der Waals surface area (Å²) in [5.74, 6) is 0. The first-order valence-electron chi connectivity index (χ1n) is 18.7. The minimum atomic E-state index is 0.917. The van der Waals surface area contributed by atoms with E-state index in [1.807, 2.05) is 11.3 Å². The van der Waals surface area contributed by atoms with Crippen LogP contribution in [0.15, 0.2) is 205 Å². The van der Waals surface area contributed by atoms with Gasteiger partial charge in [-0.2, -0.15) is 0 Å². The topological polar surface area (TPSA) is 16.4 Å². The van der Waals surface area contributed by atoms with Crippen LogP contribution in [0, 0.1) is 0 Å². The number of rotatable bonds is 6. The van der Waals surface area contributed by atoms with Crippen molar-refractivity contribution in [1.82, 2.24) is 0 Å². The van der Waals surface area contributed by atoms with Crippen molar-refractivity contribution in [2.75, 3.05) is 4.90 Å². The molecule has 0 amide bonds. The lowest BCUT2D eigenvalue weighted by Crippen LogP contribution is -2.09. The first kappa shape index (κ1) is 31.6. The molecule has 0 atom stereocenters. The fourth-order valence-electron chi connectivity index (χ4n) is 8.25. The van der Waals surface area contributed by atoms with Crippen LogP contribution in [0.3, 0.4) is 0 Å². The minimum Gasteiger partial charge on any atom is -0.455 e. The molecule has 0 N–H and O–H groups in total. The molecule has 0 saturated carbocycles. The number of furan rings is 1. The highest BCUT2D eigenvalue weighted by atomic mass is 32.1. The van der Waals surface area contributed by atoms with E-state index in [0.29, 0.717) is 0 Å². The Morgan fingerprint density at radius 2 is 0.891 bits per heavy atom. The van der Waals surface area contributed by atoms with Crippen molar-refractivity contribution in [1.29, 1.82) is 0 Å². The lowest BCUT2D eigenvalue weighted by Gasteiger charge is -2.26. The third-order valence-electron chi connectivity index (χ3n) is 10.9. The maximum atomic E-state index is 6.77. The maximum Gasteiger partial charge on any atom is 0.143 e. The van der Waals surface area contributed by atoms with Gasteiger partial charge in [0.25, 0.3) is 0 Å². The van der Waals surface area contributed by atoms with E-state index in [1.54, 1.807) is 0 Å². The van der Waals surface area contributed by atoms with Crippen LogP contribution < -0.4 is 4.90 Å². The van der Waals surface area contributed by atoms with E-state index in [4.69, 9.17) is 4.42 Å². The Morgan fingerprint density at radius 3 is 1.60 bits per heavy atom. The van der Waals surface area contributed by atoms with Gasteiger partial charge >= 0.3 is 0 Å². The molecular formula is C52H33NOS. The summed E-state index contributed by atoms with van der Waals surface area (Å²) >= 11 is 1.86. The van der Waals surface area contributed by atoms with Crippen LogP contribution in [0.1, 0.15) is 0 Å². The van der Waals surface area contributed by atoms with Gasteiger partial charge in [-0.3, -0.25) is 0 Å². The fourth-order valence-corrected chi connectivity index (χ4v) is 9.36. The van der Waals surface area contributed by atoms with Gasteiger partial charge in [0, 0.05) is 59.0 Å². The monoisotopic (exact) mass is 719 g/mol. The summed E-state index contributed by atoms with van der Waals surface area (Å²) < 4.78 is 9.38. The Hall–Kier alpha value is -6.94. The normalized spacial score (nSPS) is 11.6. The highest BCUT2D eigenvalue weighted by molar-refractivity contribution is 7.26. The van der Waals surface area contributed by atoms with Gasteiger partial charge in [-0.15, -0.1) is 11.3 Å². The molecule has 9 aromatic carbocycles. The van der Waals surface area contributed by atoms with Crippen LogP contribution in [0.2, 0.25) is 0 Å². The summed E-state index contributed by atoms with van der Waals surface area (Å²) in [4.78, 5) is 2.32. The summed E-state index contributed by atoms with van der Waals surface area (Å²) in [7, 11) is 0. The Morgan fingerprint density at radius 1 is 0.345 bits per heavy atom. The quantitative estimate of drug-likeness (QED) is 0.170. The fraction of sp³-hybridized carbons (Fsp3) is 0. The Labute approximate surface area is 322 Å². The number of thiophene rings is 1. The van der Waals surface area contributed by atoms with Gasteiger partial charge in [0.05, 0.1) is 0 Å². The van der Waals surface area contributed by atoms with E-state index in [2.05, 4.69) is 205 Å². The summed E-state index contributed by atoms with van der Waals surface area (Å²) in [6.45, 7) is 0. The van der Waals surface area contributed by atoms with E-state index in [-0.39, 0.29) is 0 Å². The van der Waals surface area contributed by atoms with Gasteiger partial charge in [0.1, 0.15) is 11.2 Å². The zero-order chi connectivity index (χ0) is 36.3. The van der Waals surface area contributed by atoms with Crippen molar-refractivity contribution in [3.05, 3.63) is 200 Å². The minimum absolute atomic E-state index is 0.917. The average molecular weight is 720 g/mol. The van der Waals surface area contributed by atoms with Gasteiger partial charge < -0.3 is 9.32 Å². The second kappa shape index (κ2) is 12.9. The molecule has 0 aliphatic rings. The zero-order valence-electron chi connectivity index (χ0n) is 29.8. The predicted octanol–water partition coefficient (Wildman–Crippen LogP) is 15.6. The Kier molecular flexibility index (Phi) is 7.39. The second-order valence-electron chi connectivity index (χ2n) is 14.1. The van der Waals surface area contributed by atoms with E-state index >= 15 is 0 Å². The summed E-state index contributed by atoms with van der Waals surface area (Å²) in [5.41, 5.74) is 12.2. The molecule has 2 aromatic heterocycles. The SMILES string of the molecule is c1ccc(-c2ccc(-c3ccc(N(c4ccccc4)c4ccc(-c5cccc6c5oc5ccc7ccc8sc9ccccc9c8c7c56)cc4)cc3)cc2)cc1. The summed E-state index contributed by atoms with van der Waals surface area (Å²) in [6, 6.07) is 71.8. The van der Waals surface area contributed by atoms with Gasteiger partial charge in [-0.05, 0) is 87.8 Å². The van der Waals surface area contributed by atoms with Crippen molar-refractivity contribution >= 4 is 81.3 Å². The molecule has 0 fully saturated rings. The van der Waals surface area contributed by atoms with Crippen molar-refractivity contribution in [2.24, 2.45) is 0 Å². The van der Waals surface area contributed by atoms with Crippen LogP contribution in [-0.4, -0.2) is 0 Å². The molecule has 0 aliphatic carbocycles. The number of para-hydroxylation sites is 2. The van der Waals surface area contributed by atoms with Crippen LogP contribution in [-0.2, 0) is 0 Å². The molecule has 11 rings (SSSR count).